The number of carbonyl (C=O) groups excluding carboxylic acids is 1. The molecule has 94 valence electrons. The second-order valence-electron chi connectivity index (χ2n) is 3.90. The molecule has 0 aliphatic rings. The van der Waals surface area contributed by atoms with Crippen molar-refractivity contribution in [3.05, 3.63) is 28.8 Å². The molecule has 0 saturated carbocycles. The summed E-state index contributed by atoms with van der Waals surface area (Å²) in [5.41, 5.74) is 0.435. The number of rotatable bonds is 5. The lowest BCUT2D eigenvalue weighted by molar-refractivity contribution is 0.0951. The Labute approximate surface area is 107 Å². The molecule has 1 N–H and O–H groups in total. The van der Waals surface area contributed by atoms with E-state index in [9.17, 15) is 4.79 Å². The Morgan fingerprint density at radius 1 is 1.47 bits per heavy atom. The highest BCUT2D eigenvalue weighted by atomic mass is 35.5. The van der Waals surface area contributed by atoms with Crippen molar-refractivity contribution in [2.75, 3.05) is 34.3 Å². The summed E-state index contributed by atoms with van der Waals surface area (Å²) in [5.74, 6) is 0.433. The van der Waals surface area contributed by atoms with E-state index in [0.717, 1.165) is 6.54 Å². The molecule has 0 aliphatic heterocycles. The van der Waals surface area contributed by atoms with Crippen LogP contribution in [0.15, 0.2) is 18.2 Å². The van der Waals surface area contributed by atoms with E-state index < -0.39 is 0 Å². The first-order valence-electron chi connectivity index (χ1n) is 5.31. The van der Waals surface area contributed by atoms with Gasteiger partial charge in [-0.15, -0.1) is 0 Å². The van der Waals surface area contributed by atoms with Gasteiger partial charge < -0.3 is 15.0 Å². The van der Waals surface area contributed by atoms with Crippen molar-refractivity contribution in [2.24, 2.45) is 0 Å². The Morgan fingerprint density at radius 2 is 2.18 bits per heavy atom. The highest BCUT2D eigenvalue weighted by Crippen LogP contribution is 2.21. The fourth-order valence-electron chi connectivity index (χ4n) is 1.29. The van der Waals surface area contributed by atoms with Gasteiger partial charge in [-0.2, -0.15) is 0 Å². The Kier molecular flexibility index (Phi) is 5.25. The number of nitrogens with zero attached hydrogens (tertiary/aromatic N) is 1. The maximum atomic E-state index is 11.8. The van der Waals surface area contributed by atoms with Crippen LogP contribution >= 0.6 is 11.6 Å². The molecule has 1 rings (SSSR count). The van der Waals surface area contributed by atoms with E-state index in [-0.39, 0.29) is 5.91 Å². The third-order valence-corrected chi connectivity index (χ3v) is 2.59. The minimum absolute atomic E-state index is 0.184. The zero-order chi connectivity index (χ0) is 12.8. The first-order chi connectivity index (χ1) is 8.04. The Morgan fingerprint density at radius 3 is 2.76 bits per heavy atom. The molecule has 4 nitrogen and oxygen atoms in total. The normalized spacial score (nSPS) is 10.4. The van der Waals surface area contributed by atoms with Crippen molar-refractivity contribution >= 4 is 17.5 Å². The first kappa shape index (κ1) is 13.8. The minimum atomic E-state index is -0.184. The predicted molar refractivity (Wildman–Crippen MR) is 68.9 cm³/mol. The predicted octanol–water partition coefficient (Wildman–Crippen LogP) is 1.64. The van der Waals surface area contributed by atoms with Gasteiger partial charge in [-0.25, -0.2) is 0 Å². The number of amides is 1. The summed E-state index contributed by atoms with van der Waals surface area (Å²) < 4.78 is 5.06. The number of ether oxygens (including phenoxy) is 1. The molecule has 1 aromatic carbocycles. The van der Waals surface area contributed by atoms with Crippen LogP contribution in [-0.4, -0.2) is 45.1 Å². The summed E-state index contributed by atoms with van der Waals surface area (Å²) in [6.07, 6.45) is 0. The smallest absolute Gasteiger partial charge is 0.252 e. The maximum Gasteiger partial charge on any atom is 0.252 e. The molecule has 0 atom stereocenters. The summed E-state index contributed by atoms with van der Waals surface area (Å²) in [6, 6.07) is 5.01. The van der Waals surface area contributed by atoms with Crippen LogP contribution < -0.4 is 10.1 Å². The molecular formula is C12H17ClN2O2. The summed E-state index contributed by atoms with van der Waals surface area (Å²) in [5, 5.41) is 3.23. The quantitative estimate of drug-likeness (QED) is 0.871. The van der Waals surface area contributed by atoms with Crippen molar-refractivity contribution in [2.45, 2.75) is 0 Å². The highest BCUT2D eigenvalue weighted by Gasteiger charge is 2.11. The van der Waals surface area contributed by atoms with Gasteiger partial charge in [0.15, 0.2) is 0 Å². The van der Waals surface area contributed by atoms with Gasteiger partial charge in [-0.05, 0) is 32.3 Å². The van der Waals surface area contributed by atoms with Crippen molar-refractivity contribution in [1.29, 1.82) is 0 Å². The van der Waals surface area contributed by atoms with E-state index in [1.54, 1.807) is 25.3 Å². The third-order valence-electron chi connectivity index (χ3n) is 2.26. The molecule has 0 aromatic heterocycles. The van der Waals surface area contributed by atoms with Crippen LogP contribution in [-0.2, 0) is 0 Å². The number of hydrogen-bond acceptors (Lipinski definition) is 3. The van der Waals surface area contributed by atoms with Crippen LogP contribution in [0, 0.1) is 0 Å². The second kappa shape index (κ2) is 6.47. The summed E-state index contributed by atoms with van der Waals surface area (Å²) >= 11 is 5.96. The van der Waals surface area contributed by atoms with Gasteiger partial charge in [0.2, 0.25) is 0 Å². The van der Waals surface area contributed by atoms with Gasteiger partial charge in [0.25, 0.3) is 5.91 Å². The number of methoxy groups -OCH3 is 1. The van der Waals surface area contributed by atoms with Gasteiger partial charge in [-0.1, -0.05) is 11.6 Å². The standard InChI is InChI=1S/C12H17ClN2O2/c1-15(2)7-6-14-12(16)10-8-9(17-3)4-5-11(10)13/h4-5,8H,6-7H2,1-3H3,(H,14,16). The molecule has 17 heavy (non-hydrogen) atoms. The molecule has 0 bridgehead atoms. The summed E-state index contributed by atoms with van der Waals surface area (Å²) in [6.45, 7) is 1.37. The average Bonchev–Trinajstić information content (AvgIpc) is 2.29. The third kappa shape index (κ3) is 4.24. The largest absolute Gasteiger partial charge is 0.497 e. The van der Waals surface area contributed by atoms with Crippen LogP contribution in [0.5, 0.6) is 5.75 Å². The maximum absolute atomic E-state index is 11.8. The van der Waals surface area contributed by atoms with Crippen LogP contribution in [0.3, 0.4) is 0 Å². The lowest BCUT2D eigenvalue weighted by Gasteiger charge is -2.11. The summed E-state index contributed by atoms with van der Waals surface area (Å²) in [7, 11) is 5.45. The number of likely N-dealkylation sites (N-methyl/N-ethyl adjacent to an activating group) is 1. The molecular weight excluding hydrogens is 240 g/mol. The molecule has 0 radical (unpaired) electrons. The number of carbonyl (C=O) groups is 1. The zero-order valence-corrected chi connectivity index (χ0v) is 11.0. The molecule has 0 spiro atoms. The van der Waals surface area contributed by atoms with E-state index in [2.05, 4.69) is 5.32 Å². The topological polar surface area (TPSA) is 41.6 Å². The minimum Gasteiger partial charge on any atom is -0.497 e. The van der Waals surface area contributed by atoms with Crippen LogP contribution in [0.4, 0.5) is 0 Å². The first-order valence-corrected chi connectivity index (χ1v) is 5.69. The molecule has 0 fully saturated rings. The van der Waals surface area contributed by atoms with Crippen molar-refractivity contribution < 1.29 is 9.53 Å². The molecule has 0 saturated heterocycles. The summed E-state index contributed by atoms with van der Waals surface area (Å²) in [4.78, 5) is 13.8. The fraction of sp³-hybridized carbons (Fsp3) is 0.417. The molecule has 0 aliphatic carbocycles. The molecule has 1 amide bonds. The zero-order valence-electron chi connectivity index (χ0n) is 10.3. The van der Waals surface area contributed by atoms with Crippen LogP contribution in [0.2, 0.25) is 5.02 Å². The van der Waals surface area contributed by atoms with Crippen LogP contribution in [0.25, 0.3) is 0 Å². The van der Waals surface area contributed by atoms with Gasteiger partial charge in [0.05, 0.1) is 17.7 Å². The Balaban J connectivity index is 2.67. The van der Waals surface area contributed by atoms with Crippen molar-refractivity contribution in [3.63, 3.8) is 0 Å². The highest BCUT2D eigenvalue weighted by molar-refractivity contribution is 6.33. The average molecular weight is 257 g/mol. The Bertz CT molecular complexity index is 394. The van der Waals surface area contributed by atoms with Gasteiger partial charge >= 0.3 is 0 Å². The Hall–Kier alpha value is -1.26. The van der Waals surface area contributed by atoms with Gasteiger partial charge in [-0.3, -0.25) is 4.79 Å². The molecule has 5 heteroatoms. The van der Waals surface area contributed by atoms with Gasteiger partial charge in [0.1, 0.15) is 5.75 Å². The monoisotopic (exact) mass is 256 g/mol. The van der Waals surface area contributed by atoms with Crippen LogP contribution in [0.1, 0.15) is 10.4 Å². The van der Waals surface area contributed by atoms with E-state index in [1.165, 1.54) is 0 Å². The van der Waals surface area contributed by atoms with Crippen molar-refractivity contribution in [1.82, 2.24) is 10.2 Å². The second-order valence-corrected chi connectivity index (χ2v) is 4.31. The number of halogens is 1. The fourth-order valence-corrected chi connectivity index (χ4v) is 1.50. The SMILES string of the molecule is COc1ccc(Cl)c(C(=O)NCCN(C)C)c1. The molecule has 0 heterocycles. The van der Waals surface area contributed by atoms with Gasteiger partial charge in [0, 0.05) is 13.1 Å². The molecule has 1 aromatic rings. The number of nitrogens with one attached hydrogen (secondary N) is 1. The molecule has 0 unspecified atom stereocenters. The van der Waals surface area contributed by atoms with E-state index in [0.29, 0.717) is 22.9 Å². The van der Waals surface area contributed by atoms with E-state index >= 15 is 0 Å². The van der Waals surface area contributed by atoms with E-state index in [1.807, 2.05) is 19.0 Å². The van der Waals surface area contributed by atoms with E-state index in [4.69, 9.17) is 16.3 Å². The number of hydrogen-bond donors (Lipinski definition) is 1. The lowest BCUT2D eigenvalue weighted by atomic mass is 10.2. The number of benzene rings is 1. The van der Waals surface area contributed by atoms with Crippen molar-refractivity contribution in [3.8, 4) is 5.75 Å². The lowest BCUT2D eigenvalue weighted by Crippen LogP contribution is -2.31.